The summed E-state index contributed by atoms with van der Waals surface area (Å²) < 4.78 is 0. The van der Waals surface area contributed by atoms with Gasteiger partial charge in [0.25, 0.3) is 0 Å². The first-order valence-corrected chi connectivity index (χ1v) is 7.44. The largest absolute Gasteiger partial charge is 0.381 e. The van der Waals surface area contributed by atoms with Crippen LogP contribution in [0.3, 0.4) is 0 Å². The topological polar surface area (TPSA) is 15.3 Å². The van der Waals surface area contributed by atoms with Crippen molar-refractivity contribution in [3.8, 4) is 0 Å². The van der Waals surface area contributed by atoms with Crippen molar-refractivity contribution < 1.29 is 0 Å². The Hall–Kier alpha value is -1.38. The highest BCUT2D eigenvalue weighted by atomic mass is 35.5. The second-order valence-electron chi connectivity index (χ2n) is 5.11. The minimum absolute atomic E-state index is 0.414. The molecule has 4 heteroatoms. The molecule has 20 heavy (non-hydrogen) atoms. The van der Waals surface area contributed by atoms with Crippen molar-refractivity contribution in [3.05, 3.63) is 58.1 Å². The van der Waals surface area contributed by atoms with E-state index >= 15 is 0 Å². The van der Waals surface area contributed by atoms with E-state index in [9.17, 15) is 0 Å². The molecular weight excluding hydrogens is 291 g/mol. The maximum atomic E-state index is 6.30. The smallest absolute Gasteiger partial charge is 0.0608 e. The zero-order chi connectivity index (χ0) is 14.1. The predicted octanol–water partition coefficient (Wildman–Crippen LogP) is 4.81. The van der Waals surface area contributed by atoms with Crippen molar-refractivity contribution in [2.24, 2.45) is 0 Å². The molecule has 0 spiro atoms. The van der Waals surface area contributed by atoms with Crippen LogP contribution in [-0.4, -0.2) is 12.6 Å². The third-order valence-electron chi connectivity index (χ3n) is 3.69. The molecule has 0 aromatic heterocycles. The van der Waals surface area contributed by atoms with E-state index < -0.39 is 0 Å². The van der Waals surface area contributed by atoms with E-state index in [4.69, 9.17) is 23.2 Å². The fourth-order valence-corrected chi connectivity index (χ4v) is 3.02. The third kappa shape index (κ3) is 2.58. The summed E-state index contributed by atoms with van der Waals surface area (Å²) in [7, 11) is 0. The van der Waals surface area contributed by atoms with Crippen molar-refractivity contribution in [1.29, 1.82) is 0 Å². The number of nitrogens with zero attached hydrogens (tertiary/aromatic N) is 1. The fourth-order valence-electron chi connectivity index (χ4n) is 2.55. The number of nitrogens with one attached hydrogen (secondary N) is 1. The van der Waals surface area contributed by atoms with Gasteiger partial charge in [0, 0.05) is 29.2 Å². The van der Waals surface area contributed by atoms with E-state index in [0.717, 1.165) is 23.7 Å². The lowest BCUT2D eigenvalue weighted by atomic mass is 10.1. The molecule has 104 valence electrons. The highest BCUT2D eigenvalue weighted by Gasteiger charge is 2.22. The maximum Gasteiger partial charge on any atom is 0.0608 e. The van der Waals surface area contributed by atoms with Gasteiger partial charge >= 0.3 is 0 Å². The molecular formula is C16H16Cl2N2. The van der Waals surface area contributed by atoms with Gasteiger partial charge in [-0.3, -0.25) is 0 Å². The summed E-state index contributed by atoms with van der Waals surface area (Å²) in [6, 6.07) is 14.5. The molecule has 1 heterocycles. The number of anilines is 2. The van der Waals surface area contributed by atoms with Gasteiger partial charge in [0.2, 0.25) is 0 Å². The normalized spacial score (nSPS) is 17.6. The Morgan fingerprint density at radius 1 is 1.20 bits per heavy atom. The van der Waals surface area contributed by atoms with Gasteiger partial charge in [-0.25, -0.2) is 0 Å². The molecule has 2 aromatic rings. The number of hydrogen-bond donors (Lipinski definition) is 1. The van der Waals surface area contributed by atoms with Crippen molar-refractivity contribution in [3.63, 3.8) is 0 Å². The predicted molar refractivity (Wildman–Crippen MR) is 87.0 cm³/mol. The van der Waals surface area contributed by atoms with Crippen molar-refractivity contribution in [2.45, 2.75) is 19.5 Å². The standard InChI is InChI=1S/C16H16Cl2N2/c1-11-9-19-15-4-2-3-5-16(15)20(11)10-12-6-7-13(17)8-14(12)18/h2-8,11,19H,9-10H2,1H3. The maximum absolute atomic E-state index is 6.30. The van der Waals surface area contributed by atoms with Crippen LogP contribution in [0.2, 0.25) is 10.0 Å². The first kappa shape index (κ1) is 13.6. The van der Waals surface area contributed by atoms with Crippen LogP contribution >= 0.6 is 23.2 Å². The summed E-state index contributed by atoms with van der Waals surface area (Å²) in [6.45, 7) is 3.94. The quantitative estimate of drug-likeness (QED) is 0.856. The minimum Gasteiger partial charge on any atom is -0.381 e. The van der Waals surface area contributed by atoms with Crippen LogP contribution in [0.15, 0.2) is 42.5 Å². The van der Waals surface area contributed by atoms with Gasteiger partial charge in [0.1, 0.15) is 0 Å². The summed E-state index contributed by atoms with van der Waals surface area (Å²) in [4.78, 5) is 2.38. The Kier molecular flexibility index (Phi) is 3.77. The lowest BCUT2D eigenvalue weighted by Crippen LogP contribution is -2.41. The van der Waals surface area contributed by atoms with Gasteiger partial charge in [-0.15, -0.1) is 0 Å². The highest BCUT2D eigenvalue weighted by Crippen LogP contribution is 2.33. The molecule has 1 N–H and O–H groups in total. The Balaban J connectivity index is 1.93. The van der Waals surface area contributed by atoms with E-state index in [1.165, 1.54) is 11.4 Å². The Morgan fingerprint density at radius 2 is 2.00 bits per heavy atom. The summed E-state index contributed by atoms with van der Waals surface area (Å²) in [6.07, 6.45) is 0. The van der Waals surface area contributed by atoms with Crippen LogP contribution in [0.5, 0.6) is 0 Å². The molecule has 0 amide bonds. The zero-order valence-corrected chi connectivity index (χ0v) is 12.7. The van der Waals surface area contributed by atoms with E-state index in [2.05, 4.69) is 41.4 Å². The van der Waals surface area contributed by atoms with Crippen LogP contribution in [-0.2, 0) is 6.54 Å². The number of hydrogen-bond acceptors (Lipinski definition) is 2. The molecule has 1 atom stereocenters. The molecule has 0 bridgehead atoms. The molecule has 0 saturated carbocycles. The lowest BCUT2D eigenvalue weighted by molar-refractivity contribution is 0.641. The monoisotopic (exact) mass is 306 g/mol. The molecule has 1 aliphatic heterocycles. The summed E-state index contributed by atoms with van der Waals surface area (Å²) in [5.74, 6) is 0. The molecule has 0 radical (unpaired) electrons. The number of fused-ring (bicyclic) bond motifs is 1. The third-order valence-corrected chi connectivity index (χ3v) is 4.28. The lowest BCUT2D eigenvalue weighted by Gasteiger charge is -2.38. The molecule has 3 rings (SSSR count). The second-order valence-corrected chi connectivity index (χ2v) is 5.95. The number of benzene rings is 2. The molecule has 2 nitrogen and oxygen atoms in total. The van der Waals surface area contributed by atoms with Crippen LogP contribution in [0.25, 0.3) is 0 Å². The van der Waals surface area contributed by atoms with Gasteiger partial charge in [-0.1, -0.05) is 41.4 Å². The fraction of sp³-hybridized carbons (Fsp3) is 0.250. The molecule has 0 fully saturated rings. The van der Waals surface area contributed by atoms with Crippen molar-refractivity contribution in [1.82, 2.24) is 0 Å². The van der Waals surface area contributed by atoms with Gasteiger partial charge < -0.3 is 10.2 Å². The summed E-state index contributed by atoms with van der Waals surface area (Å²) in [5.41, 5.74) is 3.49. The number of para-hydroxylation sites is 2. The Bertz CT molecular complexity index is 628. The van der Waals surface area contributed by atoms with Gasteiger partial charge in [0.15, 0.2) is 0 Å². The summed E-state index contributed by atoms with van der Waals surface area (Å²) >= 11 is 12.3. The van der Waals surface area contributed by atoms with Crippen molar-refractivity contribution in [2.75, 3.05) is 16.8 Å². The Morgan fingerprint density at radius 3 is 2.80 bits per heavy atom. The average molecular weight is 307 g/mol. The van der Waals surface area contributed by atoms with Crippen LogP contribution in [0, 0.1) is 0 Å². The molecule has 0 saturated heterocycles. The van der Waals surface area contributed by atoms with E-state index in [1.54, 1.807) is 6.07 Å². The van der Waals surface area contributed by atoms with E-state index in [0.29, 0.717) is 11.1 Å². The van der Waals surface area contributed by atoms with Crippen LogP contribution in [0.4, 0.5) is 11.4 Å². The highest BCUT2D eigenvalue weighted by molar-refractivity contribution is 6.35. The first-order valence-electron chi connectivity index (χ1n) is 6.68. The molecule has 2 aromatic carbocycles. The van der Waals surface area contributed by atoms with Crippen molar-refractivity contribution >= 4 is 34.6 Å². The van der Waals surface area contributed by atoms with Crippen LogP contribution in [0.1, 0.15) is 12.5 Å². The second kappa shape index (κ2) is 5.55. The number of halogens is 2. The van der Waals surface area contributed by atoms with Gasteiger partial charge in [-0.05, 0) is 36.8 Å². The SMILES string of the molecule is CC1CNc2ccccc2N1Cc1ccc(Cl)cc1Cl. The first-order chi connectivity index (χ1) is 9.65. The van der Waals surface area contributed by atoms with E-state index in [-0.39, 0.29) is 0 Å². The van der Waals surface area contributed by atoms with E-state index in [1.807, 2.05) is 12.1 Å². The van der Waals surface area contributed by atoms with Crippen LogP contribution < -0.4 is 10.2 Å². The zero-order valence-electron chi connectivity index (χ0n) is 11.2. The Labute approximate surface area is 129 Å². The van der Waals surface area contributed by atoms with Gasteiger partial charge in [-0.2, -0.15) is 0 Å². The minimum atomic E-state index is 0.414. The number of rotatable bonds is 2. The van der Waals surface area contributed by atoms with Gasteiger partial charge in [0.05, 0.1) is 11.4 Å². The molecule has 0 aliphatic carbocycles. The molecule has 1 unspecified atom stereocenters. The average Bonchev–Trinajstić information content (AvgIpc) is 2.44. The molecule has 1 aliphatic rings. The summed E-state index contributed by atoms with van der Waals surface area (Å²) in [5, 5.41) is 4.85.